The molecule has 1 atom stereocenters. The molecule has 17 nitrogen and oxygen atoms in total. The number of carbonyl (C=O) groups is 8. The molecular weight excluding hydrogens is 1070 g/mol. The minimum atomic E-state index is -1.19. The van der Waals surface area contributed by atoms with E-state index >= 15 is 0 Å². The van der Waals surface area contributed by atoms with Gasteiger partial charge in [-0.15, -0.1) is 0 Å². The van der Waals surface area contributed by atoms with Gasteiger partial charge >= 0.3 is 47.8 Å². The van der Waals surface area contributed by atoms with Crippen LogP contribution in [0.3, 0.4) is 0 Å². The molecule has 0 saturated carbocycles. The molecule has 0 aliphatic carbocycles. The highest BCUT2D eigenvalue weighted by Crippen LogP contribution is 2.24. The average Bonchev–Trinajstić information content (AvgIpc) is 3.27. The Morgan fingerprint density at radius 2 is 0.688 bits per heavy atom. The molecule has 0 rings (SSSR count). The van der Waals surface area contributed by atoms with E-state index in [4.69, 9.17) is 33.2 Å². The molecule has 0 aromatic heterocycles. The average molecular weight is 1200 g/mol. The second kappa shape index (κ2) is 63.7. The molecule has 0 amide bonds. The number of hydrogen-bond acceptors (Lipinski definition) is 21. The summed E-state index contributed by atoms with van der Waals surface area (Å²) in [6, 6.07) is 0. The van der Waals surface area contributed by atoms with Crippen molar-refractivity contribution in [3.8, 4) is 0 Å². The van der Waals surface area contributed by atoms with E-state index in [0.717, 1.165) is 12.8 Å². The van der Waals surface area contributed by atoms with Gasteiger partial charge in [-0.2, -0.15) is 47.0 Å². The molecule has 0 saturated heterocycles. The first kappa shape index (κ1) is 113. The summed E-state index contributed by atoms with van der Waals surface area (Å²) in [5, 5.41) is 9.48. The summed E-state index contributed by atoms with van der Waals surface area (Å²) in [6.07, 6.45) is 8.29. The van der Waals surface area contributed by atoms with E-state index in [1.807, 2.05) is 55.4 Å². The Bertz CT molecular complexity index is 1380. The molecule has 0 fully saturated rings. The summed E-state index contributed by atoms with van der Waals surface area (Å²) >= 11 is 5.18. The third-order valence-corrected chi connectivity index (χ3v) is 11.2. The normalized spacial score (nSPS) is 9.83. The molecule has 0 aromatic carbocycles. The molecule has 1 N–H and O–H groups in total. The molecule has 0 aliphatic heterocycles. The monoisotopic (exact) mass is 1200 g/mol. The van der Waals surface area contributed by atoms with E-state index in [9.17, 15) is 43.5 Å². The molecule has 474 valence electrons. The fraction of sp³-hybridized carbons (Fsp3) is 0.821. The quantitative estimate of drug-likeness (QED) is 0.0436. The summed E-state index contributed by atoms with van der Waals surface area (Å²) in [6.45, 7) is 22.8. The Hall–Kier alpha value is -3.14. The smallest absolute Gasteiger partial charge is 0.333 e. The lowest BCUT2D eigenvalue weighted by Crippen LogP contribution is -2.44. The highest BCUT2D eigenvalue weighted by Gasteiger charge is 2.38. The molecular formula is C56H124O17S4. The highest BCUT2D eigenvalue weighted by atomic mass is 32.2. The summed E-state index contributed by atoms with van der Waals surface area (Å²) in [5.74, 6) is -2.51. The molecule has 0 radical (unpaired) electrons. The van der Waals surface area contributed by atoms with Gasteiger partial charge in [-0.1, -0.05) is 109 Å². The SMILES string of the molecule is C.C.C.C.C.C.C.C.C.C.C.C=C(C)C(=O)OCC(O)COC(=O)C(C)(C)CC.CCC(C)(C)C(=O)OC.CCOC(=O)C(C)(C)CC.CSCC(=O)OCC(COC(=O)CSC)(COC(=O)CSC)COC(=O)CSC. The van der Waals surface area contributed by atoms with Crippen molar-refractivity contribution < 1.29 is 81.4 Å². The number of methoxy groups -OCH3 is 1. The Kier molecular flexibility index (Phi) is 93.6. The van der Waals surface area contributed by atoms with E-state index in [0.29, 0.717) is 13.0 Å². The van der Waals surface area contributed by atoms with Gasteiger partial charge < -0.3 is 43.0 Å². The predicted molar refractivity (Wildman–Crippen MR) is 337 cm³/mol. The molecule has 0 aliphatic rings. The minimum absolute atomic E-state index is 0. The van der Waals surface area contributed by atoms with Crippen LogP contribution in [0.4, 0.5) is 0 Å². The summed E-state index contributed by atoms with van der Waals surface area (Å²) in [7, 11) is 1.42. The van der Waals surface area contributed by atoms with Crippen LogP contribution in [-0.4, -0.2) is 160 Å². The van der Waals surface area contributed by atoms with Gasteiger partial charge in [0.1, 0.15) is 51.2 Å². The predicted octanol–water partition coefficient (Wildman–Crippen LogP) is 13.6. The van der Waals surface area contributed by atoms with Crippen molar-refractivity contribution in [1.29, 1.82) is 0 Å². The lowest BCUT2D eigenvalue weighted by atomic mass is 9.91. The van der Waals surface area contributed by atoms with Crippen LogP contribution in [0.1, 0.15) is 177 Å². The van der Waals surface area contributed by atoms with Crippen molar-refractivity contribution in [2.75, 3.05) is 101 Å². The van der Waals surface area contributed by atoms with E-state index in [1.54, 1.807) is 38.9 Å². The molecule has 1 unspecified atom stereocenters. The van der Waals surface area contributed by atoms with Crippen molar-refractivity contribution in [3.63, 3.8) is 0 Å². The summed E-state index contributed by atoms with van der Waals surface area (Å²) in [4.78, 5) is 91.9. The Balaban J connectivity index is -0.0000000536. The van der Waals surface area contributed by atoms with Gasteiger partial charge in [0.25, 0.3) is 0 Å². The Morgan fingerprint density at radius 1 is 0.442 bits per heavy atom. The van der Waals surface area contributed by atoms with Crippen molar-refractivity contribution in [2.45, 2.75) is 183 Å². The molecule has 0 heterocycles. The number of hydrogen-bond donors (Lipinski definition) is 1. The van der Waals surface area contributed by atoms with E-state index < -0.39 is 46.8 Å². The van der Waals surface area contributed by atoms with Crippen LogP contribution < -0.4 is 0 Å². The number of thioether (sulfide) groups is 4. The number of rotatable bonds is 28. The fourth-order valence-corrected chi connectivity index (χ4v) is 4.84. The first-order chi connectivity index (χ1) is 30.6. The molecule has 0 spiro atoms. The van der Waals surface area contributed by atoms with Crippen LogP contribution in [0.2, 0.25) is 0 Å². The first-order valence-electron chi connectivity index (χ1n) is 21.1. The minimum Gasteiger partial charge on any atom is -0.469 e. The van der Waals surface area contributed by atoms with Crippen molar-refractivity contribution in [2.24, 2.45) is 21.7 Å². The van der Waals surface area contributed by atoms with Gasteiger partial charge in [-0.05, 0) is 99.7 Å². The number of esters is 8. The van der Waals surface area contributed by atoms with Crippen LogP contribution in [-0.2, 0) is 76.3 Å². The van der Waals surface area contributed by atoms with Crippen LogP contribution in [0.5, 0.6) is 0 Å². The zero-order chi connectivity index (χ0) is 52.2. The number of aliphatic hydroxyl groups is 1. The van der Waals surface area contributed by atoms with Gasteiger partial charge in [0.15, 0.2) is 0 Å². The fourth-order valence-electron chi connectivity index (χ4n) is 3.57. The zero-order valence-electron chi connectivity index (χ0n) is 42.3. The first-order valence-corrected chi connectivity index (χ1v) is 26.7. The number of ether oxygens (including phenoxy) is 8. The second-order valence-corrected chi connectivity index (χ2v) is 19.9. The standard InChI is InChI=1S/C17H28O8S4.C13H22O5.C8H16O2.C7H14O2.11CH4/c1-26-5-13(18)22-9-17(10-23-14(19)6-27-2,11-24-15(20)7-28-3)12-25-16(21)8-29-4;1-6-13(4,5)12(16)18-8-10(14)7-17-11(15)9(2)3;1-5-8(3,4)7(9)10-6-2;1-5-7(2,3)6(8)9-4;;;;;;;;;;;/h5-12H2,1-4H3;10,14H,2,6-8H2,1,3-5H3;5-6H2,1-4H3;5H2,1-4H3;11*1H4. The van der Waals surface area contributed by atoms with Crippen molar-refractivity contribution >= 4 is 94.8 Å². The van der Waals surface area contributed by atoms with E-state index in [-0.39, 0.29) is 179 Å². The van der Waals surface area contributed by atoms with E-state index in [2.05, 4.69) is 11.3 Å². The van der Waals surface area contributed by atoms with Crippen LogP contribution >= 0.6 is 47.0 Å². The van der Waals surface area contributed by atoms with Crippen LogP contribution in [0.15, 0.2) is 12.2 Å². The molecule has 0 bridgehead atoms. The van der Waals surface area contributed by atoms with E-state index in [1.165, 1.54) is 61.1 Å². The van der Waals surface area contributed by atoms with Crippen LogP contribution in [0, 0.1) is 21.7 Å². The Labute approximate surface area is 492 Å². The van der Waals surface area contributed by atoms with Crippen molar-refractivity contribution in [3.05, 3.63) is 12.2 Å². The van der Waals surface area contributed by atoms with Gasteiger partial charge in [0.05, 0.1) is 53.0 Å². The molecule has 21 heteroatoms. The largest absolute Gasteiger partial charge is 0.469 e. The summed E-state index contributed by atoms with van der Waals surface area (Å²) < 4.78 is 40.2. The summed E-state index contributed by atoms with van der Waals surface area (Å²) in [5.41, 5.74) is -2.13. The number of carbonyl (C=O) groups excluding carboxylic acids is 8. The molecule has 0 aromatic rings. The van der Waals surface area contributed by atoms with Crippen molar-refractivity contribution in [1.82, 2.24) is 0 Å². The van der Waals surface area contributed by atoms with Gasteiger partial charge in [0.2, 0.25) is 0 Å². The van der Waals surface area contributed by atoms with Gasteiger partial charge in [-0.3, -0.25) is 33.6 Å². The number of aliphatic hydroxyl groups excluding tert-OH is 1. The van der Waals surface area contributed by atoms with Gasteiger partial charge in [-0.25, -0.2) is 4.79 Å². The molecule has 77 heavy (non-hydrogen) atoms. The lowest BCUT2D eigenvalue weighted by molar-refractivity contribution is -0.167. The van der Waals surface area contributed by atoms with Crippen LogP contribution in [0.25, 0.3) is 0 Å². The highest BCUT2D eigenvalue weighted by molar-refractivity contribution is 7.99. The lowest BCUT2D eigenvalue weighted by Gasteiger charge is -2.31. The third-order valence-electron chi connectivity index (χ3n) is 9.14. The van der Waals surface area contributed by atoms with Gasteiger partial charge in [0, 0.05) is 5.57 Å². The third kappa shape index (κ3) is 58.8. The topological polar surface area (TPSA) is 231 Å². The Morgan fingerprint density at radius 3 is 0.896 bits per heavy atom. The maximum absolute atomic E-state index is 11.8. The zero-order valence-corrected chi connectivity index (χ0v) is 45.6. The second-order valence-electron chi connectivity index (χ2n) is 16.4. The maximum atomic E-state index is 11.8. The maximum Gasteiger partial charge on any atom is 0.333 e.